The maximum atomic E-state index is 6.27. The van der Waals surface area contributed by atoms with Crippen molar-refractivity contribution in [3.05, 3.63) is 48.0 Å². The summed E-state index contributed by atoms with van der Waals surface area (Å²) in [6.07, 6.45) is 2.56. The molecule has 1 saturated carbocycles. The molecule has 4 atom stereocenters. The zero-order valence-corrected chi connectivity index (χ0v) is 12.7. The van der Waals surface area contributed by atoms with Crippen LogP contribution in [0, 0.1) is 11.8 Å². The van der Waals surface area contributed by atoms with Crippen LogP contribution in [0.4, 0.5) is 0 Å². The highest BCUT2D eigenvalue weighted by molar-refractivity contribution is 5.83. The third-order valence-corrected chi connectivity index (χ3v) is 5.74. The quantitative estimate of drug-likeness (QED) is 0.911. The van der Waals surface area contributed by atoms with Gasteiger partial charge in [-0.15, -0.1) is 0 Å². The number of likely N-dealkylation sites (tertiary alicyclic amines) is 1. The third-order valence-electron chi connectivity index (χ3n) is 5.74. The van der Waals surface area contributed by atoms with Gasteiger partial charge in [-0.3, -0.25) is 4.90 Å². The molecule has 0 amide bonds. The lowest BCUT2D eigenvalue weighted by molar-refractivity contribution is 0.239. The molecule has 4 rings (SSSR count). The van der Waals surface area contributed by atoms with Crippen LogP contribution >= 0.6 is 0 Å². The lowest BCUT2D eigenvalue weighted by Crippen LogP contribution is -2.31. The molecule has 2 N–H and O–H groups in total. The molecule has 1 heterocycles. The lowest BCUT2D eigenvalue weighted by atomic mass is 9.98. The highest BCUT2D eigenvalue weighted by atomic mass is 15.2. The minimum atomic E-state index is 0.434. The Bertz CT molecular complexity index is 651. The predicted molar refractivity (Wildman–Crippen MR) is 88.1 cm³/mol. The highest BCUT2D eigenvalue weighted by Crippen LogP contribution is 2.40. The van der Waals surface area contributed by atoms with Gasteiger partial charge < -0.3 is 5.73 Å². The molecule has 0 radical (unpaired) electrons. The highest BCUT2D eigenvalue weighted by Gasteiger charge is 2.42. The van der Waals surface area contributed by atoms with Gasteiger partial charge in [-0.1, -0.05) is 36.4 Å². The van der Waals surface area contributed by atoms with Crippen molar-refractivity contribution >= 4 is 10.8 Å². The first kappa shape index (κ1) is 13.3. The van der Waals surface area contributed by atoms with Crippen molar-refractivity contribution in [3.8, 4) is 0 Å². The van der Waals surface area contributed by atoms with Crippen LogP contribution in [0.5, 0.6) is 0 Å². The maximum absolute atomic E-state index is 6.27. The van der Waals surface area contributed by atoms with Crippen LogP contribution in [-0.4, -0.2) is 24.0 Å². The van der Waals surface area contributed by atoms with Crippen molar-refractivity contribution < 1.29 is 0 Å². The van der Waals surface area contributed by atoms with Crippen LogP contribution in [-0.2, 0) is 0 Å². The fraction of sp³-hybridized carbons (Fsp3) is 0.474. The van der Waals surface area contributed by atoms with Crippen LogP contribution in [0.15, 0.2) is 42.5 Å². The smallest absolute Gasteiger partial charge is 0.0320 e. The van der Waals surface area contributed by atoms with E-state index in [1.54, 1.807) is 0 Å². The van der Waals surface area contributed by atoms with Crippen molar-refractivity contribution in [2.24, 2.45) is 17.6 Å². The van der Waals surface area contributed by atoms with Crippen molar-refractivity contribution in [2.75, 3.05) is 13.1 Å². The van der Waals surface area contributed by atoms with Gasteiger partial charge in [-0.05, 0) is 54.0 Å². The summed E-state index contributed by atoms with van der Waals surface area (Å²) in [6.45, 7) is 4.75. The second-order valence-corrected chi connectivity index (χ2v) is 6.90. The number of fused-ring (bicyclic) bond motifs is 2. The van der Waals surface area contributed by atoms with Gasteiger partial charge in [0.15, 0.2) is 0 Å². The summed E-state index contributed by atoms with van der Waals surface area (Å²) in [7, 11) is 0. The van der Waals surface area contributed by atoms with E-state index in [0.717, 1.165) is 11.8 Å². The van der Waals surface area contributed by atoms with Gasteiger partial charge in [-0.25, -0.2) is 0 Å². The van der Waals surface area contributed by atoms with Crippen molar-refractivity contribution in [1.29, 1.82) is 0 Å². The third kappa shape index (κ3) is 2.27. The standard InChI is InChI=1S/C19H24N2/c1-13(21-11-17-8-9-19(20)18(17)12-21)15-7-6-14-4-2-3-5-16(14)10-15/h2-7,10,13,17-19H,8-9,11-12,20H2,1H3. The molecule has 1 aliphatic heterocycles. The summed E-state index contributed by atoms with van der Waals surface area (Å²) in [5, 5.41) is 2.67. The molecule has 0 bridgehead atoms. The van der Waals surface area contributed by atoms with Gasteiger partial charge in [0.2, 0.25) is 0 Å². The first-order valence-electron chi connectivity index (χ1n) is 8.21. The fourth-order valence-corrected chi connectivity index (χ4v) is 4.34. The SMILES string of the molecule is CC(c1ccc2ccccc2c1)N1CC2CCC(N)C2C1. The first-order valence-corrected chi connectivity index (χ1v) is 8.21. The average molecular weight is 280 g/mol. The second-order valence-electron chi connectivity index (χ2n) is 6.90. The minimum absolute atomic E-state index is 0.434. The number of nitrogens with two attached hydrogens (primary N) is 1. The Labute approximate surface area is 126 Å². The molecule has 1 saturated heterocycles. The molecule has 2 aromatic carbocycles. The Morgan fingerprint density at radius 1 is 1.05 bits per heavy atom. The van der Waals surface area contributed by atoms with Crippen LogP contribution in [0.1, 0.15) is 31.4 Å². The molecule has 4 unspecified atom stereocenters. The van der Waals surface area contributed by atoms with E-state index in [1.165, 1.54) is 42.3 Å². The second kappa shape index (κ2) is 5.11. The van der Waals surface area contributed by atoms with Crippen LogP contribution in [0.25, 0.3) is 10.8 Å². The van der Waals surface area contributed by atoms with Gasteiger partial charge >= 0.3 is 0 Å². The van der Waals surface area contributed by atoms with E-state index >= 15 is 0 Å². The van der Waals surface area contributed by atoms with E-state index < -0.39 is 0 Å². The Hall–Kier alpha value is -1.38. The minimum Gasteiger partial charge on any atom is -0.327 e. The van der Waals surface area contributed by atoms with Gasteiger partial charge in [0.25, 0.3) is 0 Å². The van der Waals surface area contributed by atoms with Crippen LogP contribution in [0.3, 0.4) is 0 Å². The summed E-state index contributed by atoms with van der Waals surface area (Å²) in [5.74, 6) is 1.57. The maximum Gasteiger partial charge on any atom is 0.0320 e. The van der Waals surface area contributed by atoms with Crippen molar-refractivity contribution in [1.82, 2.24) is 4.90 Å². The molecule has 0 spiro atoms. The fourth-order valence-electron chi connectivity index (χ4n) is 4.34. The molecule has 21 heavy (non-hydrogen) atoms. The molecule has 2 aromatic rings. The summed E-state index contributed by atoms with van der Waals surface area (Å²) in [4.78, 5) is 2.64. The Kier molecular flexibility index (Phi) is 3.24. The van der Waals surface area contributed by atoms with E-state index in [2.05, 4.69) is 54.3 Å². The average Bonchev–Trinajstić information content (AvgIpc) is 3.08. The molecule has 2 aliphatic rings. The normalized spacial score (nSPS) is 30.7. The van der Waals surface area contributed by atoms with Gasteiger partial charge in [0.1, 0.15) is 0 Å². The van der Waals surface area contributed by atoms with Crippen LogP contribution in [0.2, 0.25) is 0 Å². The Balaban J connectivity index is 1.57. The van der Waals surface area contributed by atoms with E-state index in [9.17, 15) is 0 Å². The van der Waals surface area contributed by atoms with Gasteiger partial charge in [-0.2, -0.15) is 0 Å². The molecule has 0 aromatic heterocycles. The Morgan fingerprint density at radius 3 is 2.67 bits per heavy atom. The van der Waals surface area contributed by atoms with Crippen molar-refractivity contribution in [2.45, 2.75) is 31.8 Å². The number of rotatable bonds is 2. The molecule has 2 heteroatoms. The molecule has 2 fully saturated rings. The molecule has 2 nitrogen and oxygen atoms in total. The monoisotopic (exact) mass is 280 g/mol. The van der Waals surface area contributed by atoms with Crippen LogP contribution < -0.4 is 5.73 Å². The Morgan fingerprint density at radius 2 is 1.86 bits per heavy atom. The molecule has 1 aliphatic carbocycles. The van der Waals surface area contributed by atoms with E-state index in [-0.39, 0.29) is 0 Å². The number of nitrogens with zero attached hydrogens (tertiary/aromatic N) is 1. The number of hydrogen-bond acceptors (Lipinski definition) is 2. The predicted octanol–water partition coefficient (Wildman–Crippen LogP) is 3.57. The summed E-state index contributed by atoms with van der Waals surface area (Å²) in [6, 6.07) is 16.4. The molecule has 110 valence electrons. The lowest BCUT2D eigenvalue weighted by Gasteiger charge is -2.26. The number of benzene rings is 2. The summed E-state index contributed by atoms with van der Waals surface area (Å²) < 4.78 is 0. The summed E-state index contributed by atoms with van der Waals surface area (Å²) >= 11 is 0. The van der Waals surface area contributed by atoms with Gasteiger partial charge in [0.05, 0.1) is 0 Å². The van der Waals surface area contributed by atoms with E-state index in [1.807, 2.05) is 0 Å². The largest absolute Gasteiger partial charge is 0.327 e. The summed E-state index contributed by atoms with van der Waals surface area (Å²) in [5.41, 5.74) is 7.70. The van der Waals surface area contributed by atoms with E-state index in [0.29, 0.717) is 12.1 Å². The molecular formula is C19H24N2. The first-order chi connectivity index (χ1) is 10.2. The van der Waals surface area contributed by atoms with Crippen molar-refractivity contribution in [3.63, 3.8) is 0 Å². The number of hydrogen-bond donors (Lipinski definition) is 1. The zero-order valence-electron chi connectivity index (χ0n) is 12.7. The van der Waals surface area contributed by atoms with Gasteiger partial charge in [0, 0.05) is 25.2 Å². The zero-order chi connectivity index (χ0) is 14.4. The van der Waals surface area contributed by atoms with E-state index in [4.69, 9.17) is 5.73 Å². The molecular weight excluding hydrogens is 256 g/mol. The topological polar surface area (TPSA) is 29.3 Å².